The maximum atomic E-state index is 11.8. The van der Waals surface area contributed by atoms with Crippen LogP contribution in [0, 0.1) is 11.3 Å². The van der Waals surface area contributed by atoms with Crippen molar-refractivity contribution >= 4 is 21.4 Å². The Hall–Kier alpha value is -1.87. The number of hydrogen-bond donors (Lipinski definition) is 0. The van der Waals surface area contributed by atoms with Crippen molar-refractivity contribution in [3.8, 4) is 6.07 Å². The first-order valence-electron chi connectivity index (χ1n) is 5.96. The van der Waals surface area contributed by atoms with Gasteiger partial charge in [0.1, 0.15) is 5.75 Å². The highest BCUT2D eigenvalue weighted by Gasteiger charge is 2.22. The van der Waals surface area contributed by atoms with E-state index in [0.29, 0.717) is 6.54 Å². The van der Waals surface area contributed by atoms with E-state index >= 15 is 0 Å². The van der Waals surface area contributed by atoms with Gasteiger partial charge in [-0.25, -0.2) is 8.42 Å². The number of benzene rings is 1. The Morgan fingerprint density at radius 3 is 2.84 bits per heavy atom. The summed E-state index contributed by atoms with van der Waals surface area (Å²) in [6.45, 7) is 2.15. The van der Waals surface area contributed by atoms with Crippen molar-refractivity contribution in [1.29, 1.82) is 5.26 Å². The highest BCUT2D eigenvalue weighted by Crippen LogP contribution is 2.29. The van der Waals surface area contributed by atoms with Crippen molar-refractivity contribution in [3.63, 3.8) is 0 Å². The van der Waals surface area contributed by atoms with E-state index in [1.807, 2.05) is 0 Å². The van der Waals surface area contributed by atoms with Crippen LogP contribution in [0.1, 0.15) is 18.9 Å². The molecule has 0 fully saturated rings. The Morgan fingerprint density at radius 2 is 2.21 bits per heavy atom. The molecule has 0 N–H and O–H groups in total. The molecule has 0 aromatic heterocycles. The van der Waals surface area contributed by atoms with E-state index in [1.54, 1.807) is 23.1 Å². The number of aryl methyl sites for hydroxylation is 1. The number of sulfone groups is 1. The van der Waals surface area contributed by atoms with Gasteiger partial charge in [0.2, 0.25) is 5.91 Å². The van der Waals surface area contributed by atoms with Crippen molar-refractivity contribution in [2.24, 2.45) is 0 Å². The maximum Gasteiger partial charge on any atom is 0.223 e. The van der Waals surface area contributed by atoms with Crippen molar-refractivity contribution in [2.45, 2.75) is 24.7 Å². The fourth-order valence-electron chi connectivity index (χ4n) is 2.26. The number of carbonyl (C=O) groups is 1. The summed E-state index contributed by atoms with van der Waals surface area (Å²) in [5.41, 5.74) is 1.62. The average Bonchev–Trinajstić information content (AvgIpc) is 2.37. The molecule has 1 aromatic carbocycles. The van der Waals surface area contributed by atoms with Crippen LogP contribution >= 0.6 is 0 Å². The lowest BCUT2D eigenvalue weighted by atomic mass is 10.0. The van der Waals surface area contributed by atoms with Gasteiger partial charge in [-0.05, 0) is 36.6 Å². The Labute approximate surface area is 112 Å². The molecular formula is C13H14N2O3S. The topological polar surface area (TPSA) is 78.2 Å². The number of nitrogens with zero attached hydrogens (tertiary/aromatic N) is 2. The quantitative estimate of drug-likeness (QED) is 0.816. The fourth-order valence-corrected chi connectivity index (χ4v) is 3.20. The average molecular weight is 278 g/mol. The van der Waals surface area contributed by atoms with Gasteiger partial charge < -0.3 is 4.90 Å². The van der Waals surface area contributed by atoms with Crippen molar-refractivity contribution in [2.75, 3.05) is 17.2 Å². The molecular weight excluding hydrogens is 264 g/mol. The van der Waals surface area contributed by atoms with Gasteiger partial charge in [-0.2, -0.15) is 5.26 Å². The number of nitriles is 1. The third kappa shape index (κ3) is 2.61. The normalized spacial score (nSPS) is 14.6. The van der Waals surface area contributed by atoms with E-state index in [1.165, 1.54) is 13.0 Å². The summed E-state index contributed by atoms with van der Waals surface area (Å²) in [4.78, 5) is 13.3. The lowest BCUT2D eigenvalue weighted by Gasteiger charge is -2.28. The van der Waals surface area contributed by atoms with Gasteiger partial charge in [-0.3, -0.25) is 4.79 Å². The molecule has 1 aliphatic heterocycles. The lowest BCUT2D eigenvalue weighted by Crippen LogP contribution is -2.33. The van der Waals surface area contributed by atoms with Gasteiger partial charge in [0, 0.05) is 19.2 Å². The van der Waals surface area contributed by atoms with Crippen LogP contribution in [0.25, 0.3) is 0 Å². The first-order valence-corrected chi connectivity index (χ1v) is 7.61. The molecule has 100 valence electrons. The smallest absolute Gasteiger partial charge is 0.223 e. The second-order valence-electron chi connectivity index (χ2n) is 4.48. The summed E-state index contributed by atoms with van der Waals surface area (Å²) in [6.07, 6.45) is 1.56. The first-order chi connectivity index (χ1) is 8.95. The minimum atomic E-state index is -3.55. The molecule has 0 radical (unpaired) electrons. The molecule has 5 nitrogen and oxygen atoms in total. The molecule has 0 unspecified atom stereocenters. The largest absolute Gasteiger partial charge is 0.312 e. The molecule has 1 heterocycles. The number of fused-ring (bicyclic) bond motifs is 1. The molecule has 1 aliphatic rings. The molecule has 2 rings (SSSR count). The van der Waals surface area contributed by atoms with Gasteiger partial charge in [0.05, 0.1) is 11.0 Å². The van der Waals surface area contributed by atoms with Crippen molar-refractivity contribution in [3.05, 3.63) is 23.8 Å². The zero-order chi connectivity index (χ0) is 14.0. The summed E-state index contributed by atoms with van der Waals surface area (Å²) in [6, 6.07) is 6.36. The standard InChI is InChI=1S/C13H14N2O3S/c1-10(16)15-7-2-3-11-9-12(4-5-13(11)15)19(17,18)8-6-14/h4-5,9H,2-3,7-8H2,1H3. The lowest BCUT2D eigenvalue weighted by molar-refractivity contribution is -0.116. The maximum absolute atomic E-state index is 11.8. The zero-order valence-electron chi connectivity index (χ0n) is 10.6. The third-order valence-electron chi connectivity index (χ3n) is 3.16. The molecule has 1 aromatic rings. The number of amides is 1. The number of rotatable bonds is 2. The van der Waals surface area contributed by atoms with Crippen LogP contribution in [0.2, 0.25) is 0 Å². The monoisotopic (exact) mass is 278 g/mol. The van der Waals surface area contributed by atoms with Crippen LogP contribution in [-0.4, -0.2) is 26.6 Å². The van der Waals surface area contributed by atoms with E-state index in [0.717, 1.165) is 24.1 Å². The van der Waals surface area contributed by atoms with E-state index in [4.69, 9.17) is 5.26 Å². The van der Waals surface area contributed by atoms with Crippen LogP contribution < -0.4 is 4.90 Å². The summed E-state index contributed by atoms with van der Waals surface area (Å²) in [5.74, 6) is -0.573. The van der Waals surface area contributed by atoms with E-state index in [2.05, 4.69) is 0 Å². The second kappa shape index (κ2) is 5.02. The predicted octanol–water partition coefficient (Wildman–Crippen LogP) is 1.28. The molecule has 0 saturated heterocycles. The Balaban J connectivity index is 2.46. The van der Waals surface area contributed by atoms with Crippen LogP contribution in [0.3, 0.4) is 0 Å². The zero-order valence-corrected chi connectivity index (χ0v) is 11.4. The van der Waals surface area contributed by atoms with E-state index < -0.39 is 15.6 Å². The third-order valence-corrected chi connectivity index (χ3v) is 4.64. The summed E-state index contributed by atoms with van der Waals surface area (Å²) in [7, 11) is -3.55. The van der Waals surface area contributed by atoms with Crippen LogP contribution in [0.5, 0.6) is 0 Å². The number of anilines is 1. The number of hydrogen-bond acceptors (Lipinski definition) is 4. The van der Waals surface area contributed by atoms with Gasteiger partial charge >= 0.3 is 0 Å². The van der Waals surface area contributed by atoms with Crippen molar-refractivity contribution in [1.82, 2.24) is 0 Å². The minimum absolute atomic E-state index is 0.0476. The van der Waals surface area contributed by atoms with E-state index in [-0.39, 0.29) is 10.8 Å². The first kappa shape index (κ1) is 13.6. The van der Waals surface area contributed by atoms with Crippen LogP contribution in [-0.2, 0) is 21.1 Å². The highest BCUT2D eigenvalue weighted by atomic mass is 32.2. The minimum Gasteiger partial charge on any atom is -0.312 e. The molecule has 0 saturated carbocycles. The predicted molar refractivity (Wildman–Crippen MR) is 70.5 cm³/mol. The summed E-state index contributed by atoms with van der Waals surface area (Å²) in [5, 5.41) is 8.53. The Bertz CT molecular complexity index is 659. The van der Waals surface area contributed by atoms with Gasteiger partial charge in [-0.15, -0.1) is 0 Å². The molecule has 6 heteroatoms. The fraction of sp³-hybridized carbons (Fsp3) is 0.385. The molecule has 0 aliphatic carbocycles. The van der Waals surface area contributed by atoms with Gasteiger partial charge in [-0.1, -0.05) is 0 Å². The Morgan fingerprint density at radius 1 is 1.47 bits per heavy atom. The van der Waals surface area contributed by atoms with Crippen molar-refractivity contribution < 1.29 is 13.2 Å². The Kier molecular flexibility index (Phi) is 3.58. The van der Waals surface area contributed by atoms with Crippen LogP contribution in [0.15, 0.2) is 23.1 Å². The summed E-state index contributed by atoms with van der Waals surface area (Å²) >= 11 is 0. The molecule has 0 spiro atoms. The molecule has 0 bridgehead atoms. The second-order valence-corrected chi connectivity index (χ2v) is 6.47. The van der Waals surface area contributed by atoms with Gasteiger partial charge in [0.15, 0.2) is 9.84 Å². The summed E-state index contributed by atoms with van der Waals surface area (Å²) < 4.78 is 23.7. The van der Waals surface area contributed by atoms with Gasteiger partial charge in [0.25, 0.3) is 0 Å². The molecule has 0 atom stereocenters. The SMILES string of the molecule is CC(=O)N1CCCc2cc(S(=O)(=O)CC#N)ccc21. The highest BCUT2D eigenvalue weighted by molar-refractivity contribution is 7.91. The van der Waals surface area contributed by atoms with E-state index in [9.17, 15) is 13.2 Å². The number of carbonyl (C=O) groups excluding carboxylic acids is 1. The molecule has 19 heavy (non-hydrogen) atoms. The van der Waals surface area contributed by atoms with Crippen LogP contribution in [0.4, 0.5) is 5.69 Å². The molecule has 1 amide bonds.